The molecule has 0 spiro atoms. The van der Waals surface area contributed by atoms with E-state index in [1.807, 2.05) is 49.4 Å². The van der Waals surface area contributed by atoms with Gasteiger partial charge in [-0.15, -0.1) is 0 Å². The zero-order valence-electron chi connectivity index (χ0n) is 25.2. The Bertz CT molecular complexity index is 1620. The minimum absolute atomic E-state index is 0.0569. The predicted octanol–water partition coefficient (Wildman–Crippen LogP) is 5.73. The van der Waals surface area contributed by atoms with Crippen molar-refractivity contribution in [2.24, 2.45) is 0 Å². The van der Waals surface area contributed by atoms with Gasteiger partial charge in [0.25, 0.3) is 5.91 Å². The Balaban J connectivity index is 1.61. The molecule has 2 aliphatic rings. The molecule has 9 nitrogen and oxygen atoms in total. The summed E-state index contributed by atoms with van der Waals surface area (Å²) in [7, 11) is 7.85. The molecule has 3 aromatic rings. The minimum atomic E-state index is -0.699. The van der Waals surface area contributed by atoms with E-state index in [0.29, 0.717) is 63.3 Å². The van der Waals surface area contributed by atoms with Crippen LogP contribution in [0.1, 0.15) is 42.7 Å². The van der Waals surface area contributed by atoms with Gasteiger partial charge in [-0.25, -0.2) is 0 Å². The third-order valence-electron chi connectivity index (χ3n) is 8.05. The van der Waals surface area contributed by atoms with E-state index >= 15 is 0 Å². The van der Waals surface area contributed by atoms with Crippen LogP contribution >= 0.6 is 0 Å². The first-order chi connectivity index (χ1) is 20.8. The largest absolute Gasteiger partial charge is 0.495 e. The number of allylic oxidation sites excluding steroid dienone is 3. The average molecular weight is 585 g/mol. The summed E-state index contributed by atoms with van der Waals surface area (Å²) >= 11 is 0. The standard InChI is InChI=1S/C34H36N2O7/c1-19-30(34(38)36-23-11-7-8-12-26(23)39-2)31(22-10-9-13-28(41-4)33(22)43-6)32-24(35-19)16-21(17-25(32)37)20-14-15-27(40-3)29(18-20)42-5/h7-15,18,21,31,35H,16-17H2,1-6H3,(H,36,38)/t21-,31+/m1/s1. The molecule has 0 unspecified atom stereocenters. The number of hydrogen-bond acceptors (Lipinski definition) is 8. The third-order valence-corrected chi connectivity index (χ3v) is 8.05. The van der Waals surface area contributed by atoms with Crippen LogP contribution in [0.25, 0.3) is 0 Å². The lowest BCUT2D eigenvalue weighted by atomic mass is 9.71. The van der Waals surface area contributed by atoms with Crippen molar-refractivity contribution in [2.75, 3.05) is 40.9 Å². The number of amides is 1. The molecule has 1 heterocycles. The summed E-state index contributed by atoms with van der Waals surface area (Å²) in [5.41, 5.74) is 4.52. The molecule has 9 heteroatoms. The van der Waals surface area contributed by atoms with Gasteiger partial charge in [-0.05, 0) is 55.2 Å². The first kappa shape index (κ1) is 29.6. The minimum Gasteiger partial charge on any atom is -0.495 e. The Hall–Kier alpha value is -4.92. The van der Waals surface area contributed by atoms with Gasteiger partial charge in [-0.3, -0.25) is 9.59 Å². The van der Waals surface area contributed by atoms with E-state index in [1.165, 1.54) is 0 Å². The van der Waals surface area contributed by atoms with Gasteiger partial charge >= 0.3 is 0 Å². The summed E-state index contributed by atoms with van der Waals surface area (Å²) < 4.78 is 27.8. The van der Waals surface area contributed by atoms with E-state index in [-0.39, 0.29) is 24.0 Å². The second-order valence-electron chi connectivity index (χ2n) is 10.4. The lowest BCUT2D eigenvalue weighted by Crippen LogP contribution is -2.37. The number of rotatable bonds is 9. The highest BCUT2D eigenvalue weighted by Crippen LogP contribution is 2.50. The number of hydrogen-bond donors (Lipinski definition) is 2. The van der Waals surface area contributed by atoms with Crippen molar-refractivity contribution in [3.05, 3.63) is 94.3 Å². The molecule has 3 aromatic carbocycles. The van der Waals surface area contributed by atoms with Crippen molar-refractivity contribution in [1.82, 2.24) is 5.32 Å². The molecule has 224 valence electrons. The quantitative estimate of drug-likeness (QED) is 0.329. The highest BCUT2D eigenvalue weighted by atomic mass is 16.5. The van der Waals surface area contributed by atoms with Crippen LogP contribution in [0.3, 0.4) is 0 Å². The fourth-order valence-electron chi connectivity index (χ4n) is 6.07. The number of benzene rings is 3. The number of carbonyl (C=O) groups excluding carboxylic acids is 2. The van der Waals surface area contributed by atoms with Crippen molar-refractivity contribution in [3.8, 4) is 28.7 Å². The molecule has 0 radical (unpaired) electrons. The zero-order valence-corrected chi connectivity index (χ0v) is 25.2. The fourth-order valence-corrected chi connectivity index (χ4v) is 6.07. The van der Waals surface area contributed by atoms with Gasteiger partial charge in [0.15, 0.2) is 28.8 Å². The number of Topliss-reactive ketones (excluding diaryl/α,β-unsaturated/α-hetero) is 1. The maximum atomic E-state index is 14.2. The maximum Gasteiger partial charge on any atom is 0.254 e. The van der Waals surface area contributed by atoms with Crippen LogP contribution in [-0.2, 0) is 9.59 Å². The zero-order chi connectivity index (χ0) is 30.7. The van der Waals surface area contributed by atoms with Gasteiger partial charge in [0.2, 0.25) is 0 Å². The molecule has 0 saturated carbocycles. The molecule has 5 rings (SSSR count). The van der Waals surface area contributed by atoms with Gasteiger partial charge in [-0.1, -0.05) is 30.3 Å². The van der Waals surface area contributed by atoms with Crippen LogP contribution in [-0.4, -0.2) is 47.2 Å². The van der Waals surface area contributed by atoms with E-state index in [2.05, 4.69) is 10.6 Å². The van der Waals surface area contributed by atoms with E-state index in [1.54, 1.807) is 53.7 Å². The van der Waals surface area contributed by atoms with Crippen LogP contribution in [0.4, 0.5) is 5.69 Å². The summed E-state index contributed by atoms with van der Waals surface area (Å²) in [4.78, 5) is 28.2. The summed E-state index contributed by atoms with van der Waals surface area (Å²) in [5, 5.41) is 6.43. The van der Waals surface area contributed by atoms with Gasteiger partial charge in [0.1, 0.15) is 5.75 Å². The van der Waals surface area contributed by atoms with Gasteiger partial charge in [-0.2, -0.15) is 0 Å². The number of nitrogens with one attached hydrogen (secondary N) is 2. The molecule has 0 saturated heterocycles. The molecular formula is C34H36N2O7. The number of ether oxygens (including phenoxy) is 5. The smallest absolute Gasteiger partial charge is 0.254 e. The highest BCUT2D eigenvalue weighted by Gasteiger charge is 2.42. The Labute approximate surface area is 251 Å². The Morgan fingerprint density at radius 2 is 1.49 bits per heavy atom. The third kappa shape index (κ3) is 5.50. The van der Waals surface area contributed by atoms with Crippen molar-refractivity contribution in [1.29, 1.82) is 0 Å². The van der Waals surface area contributed by atoms with E-state index in [0.717, 1.165) is 11.3 Å². The van der Waals surface area contributed by atoms with E-state index < -0.39 is 5.92 Å². The van der Waals surface area contributed by atoms with E-state index in [4.69, 9.17) is 23.7 Å². The van der Waals surface area contributed by atoms with Crippen molar-refractivity contribution in [3.63, 3.8) is 0 Å². The van der Waals surface area contributed by atoms with E-state index in [9.17, 15) is 9.59 Å². The average Bonchev–Trinajstić information content (AvgIpc) is 3.03. The Kier molecular flexibility index (Phi) is 8.61. The monoisotopic (exact) mass is 584 g/mol. The first-order valence-corrected chi connectivity index (χ1v) is 14.0. The number of anilines is 1. The molecule has 1 aliphatic carbocycles. The lowest BCUT2D eigenvalue weighted by molar-refractivity contribution is -0.116. The number of carbonyl (C=O) groups is 2. The van der Waals surface area contributed by atoms with Crippen LogP contribution < -0.4 is 34.3 Å². The molecule has 1 aliphatic heterocycles. The van der Waals surface area contributed by atoms with Gasteiger partial charge in [0.05, 0.1) is 47.2 Å². The summed E-state index contributed by atoms with van der Waals surface area (Å²) in [6.45, 7) is 1.85. The first-order valence-electron chi connectivity index (χ1n) is 14.0. The van der Waals surface area contributed by atoms with Crippen LogP contribution in [0.2, 0.25) is 0 Å². The van der Waals surface area contributed by atoms with Crippen molar-refractivity contribution < 1.29 is 33.3 Å². The molecule has 2 N–H and O–H groups in total. The molecule has 0 fully saturated rings. The highest BCUT2D eigenvalue weighted by molar-refractivity contribution is 6.10. The summed E-state index contributed by atoms with van der Waals surface area (Å²) in [6, 6.07) is 18.4. The second kappa shape index (κ2) is 12.5. The summed E-state index contributed by atoms with van der Waals surface area (Å²) in [6.07, 6.45) is 0.831. The van der Waals surface area contributed by atoms with Crippen LogP contribution in [0.15, 0.2) is 83.2 Å². The molecular weight excluding hydrogens is 548 g/mol. The maximum absolute atomic E-state index is 14.2. The lowest BCUT2D eigenvalue weighted by Gasteiger charge is -2.37. The normalized spacial score (nSPS) is 18.0. The van der Waals surface area contributed by atoms with Crippen LogP contribution in [0, 0.1) is 0 Å². The van der Waals surface area contributed by atoms with Crippen LogP contribution in [0.5, 0.6) is 28.7 Å². The van der Waals surface area contributed by atoms with Crippen molar-refractivity contribution in [2.45, 2.75) is 31.6 Å². The fraction of sp³-hybridized carbons (Fsp3) is 0.294. The molecule has 43 heavy (non-hydrogen) atoms. The molecule has 0 aromatic heterocycles. The Morgan fingerprint density at radius 3 is 2.19 bits per heavy atom. The van der Waals surface area contributed by atoms with Crippen molar-refractivity contribution >= 4 is 17.4 Å². The predicted molar refractivity (Wildman–Crippen MR) is 163 cm³/mol. The summed E-state index contributed by atoms with van der Waals surface area (Å²) in [5.74, 6) is 1.53. The Morgan fingerprint density at radius 1 is 0.791 bits per heavy atom. The topological polar surface area (TPSA) is 104 Å². The SMILES string of the molecule is COc1ccccc1NC(=O)C1=C(C)NC2=C(C(=O)C[C@H](c3ccc(OC)c(OC)c3)C2)[C@H]1c1cccc(OC)c1OC. The molecule has 2 atom stereocenters. The van der Waals surface area contributed by atoms with Gasteiger partial charge < -0.3 is 34.3 Å². The number of dihydropyridines is 1. The molecule has 1 amide bonds. The molecule has 0 bridgehead atoms. The number of para-hydroxylation sites is 3. The second-order valence-corrected chi connectivity index (χ2v) is 10.4. The number of methoxy groups -OCH3 is 5. The number of ketones is 1. The van der Waals surface area contributed by atoms with Gasteiger partial charge in [0, 0.05) is 34.5 Å².